The monoisotopic (exact) mass is 439 g/mol. The van der Waals surface area contributed by atoms with Crippen LogP contribution >= 0.6 is 0 Å². The molecule has 2 bridgehead atoms. The van der Waals surface area contributed by atoms with Crippen LogP contribution in [-0.4, -0.2) is 29.6 Å². The summed E-state index contributed by atoms with van der Waals surface area (Å²) < 4.78 is 5.53. The number of hydrogen-bond acceptors (Lipinski definition) is 4. The Morgan fingerprint density at radius 3 is 2.03 bits per heavy atom. The van der Waals surface area contributed by atoms with Gasteiger partial charge in [-0.25, -0.2) is 4.90 Å². The quantitative estimate of drug-likeness (QED) is 0.624. The fourth-order valence-corrected chi connectivity index (χ4v) is 6.65. The van der Waals surface area contributed by atoms with Crippen molar-refractivity contribution in [1.82, 2.24) is 0 Å². The lowest BCUT2D eigenvalue weighted by Gasteiger charge is -2.55. The van der Waals surface area contributed by atoms with Crippen LogP contribution in [0.3, 0.4) is 0 Å². The van der Waals surface area contributed by atoms with Gasteiger partial charge in [0.1, 0.15) is 5.75 Å². The molecule has 0 radical (unpaired) electrons. The predicted octanol–water partition coefficient (Wildman–Crippen LogP) is 4.02. The van der Waals surface area contributed by atoms with Crippen LogP contribution in [0.4, 0.5) is 5.69 Å². The van der Waals surface area contributed by atoms with Gasteiger partial charge in [0.2, 0.25) is 11.8 Å². The Kier molecular flexibility index (Phi) is 4.30. The number of benzene rings is 3. The molecule has 5 heteroatoms. The molecule has 1 saturated heterocycles. The molecule has 5 nitrogen and oxygen atoms in total. The van der Waals surface area contributed by atoms with Gasteiger partial charge in [-0.05, 0) is 60.4 Å². The summed E-state index contributed by atoms with van der Waals surface area (Å²) in [5.41, 5.74) is 3.55. The van der Waals surface area contributed by atoms with Crippen molar-refractivity contribution in [3.05, 3.63) is 95.1 Å². The van der Waals surface area contributed by atoms with Crippen LogP contribution in [0, 0.1) is 11.8 Å². The number of hydrogen-bond donors (Lipinski definition) is 1. The van der Waals surface area contributed by atoms with E-state index in [4.69, 9.17) is 4.74 Å². The Labute approximate surface area is 192 Å². The first kappa shape index (κ1) is 20.2. The van der Waals surface area contributed by atoms with Gasteiger partial charge in [0, 0.05) is 5.92 Å². The van der Waals surface area contributed by atoms with Crippen LogP contribution in [0.1, 0.15) is 42.0 Å². The molecule has 2 amide bonds. The SMILES string of the molecule is CCOc1ccc(N2C(=O)[C@@H]3C4c5ccccc5C([C@@H](C)O)(c5ccccc54)[C@@H]3C2=O)cc1. The zero-order valence-corrected chi connectivity index (χ0v) is 18.6. The highest BCUT2D eigenvalue weighted by Gasteiger charge is 2.69. The van der Waals surface area contributed by atoms with Crippen LogP contribution in [0.2, 0.25) is 0 Å². The van der Waals surface area contributed by atoms with Crippen molar-refractivity contribution in [3.8, 4) is 5.75 Å². The average molecular weight is 440 g/mol. The minimum Gasteiger partial charge on any atom is -0.494 e. The van der Waals surface area contributed by atoms with Crippen molar-refractivity contribution in [2.45, 2.75) is 31.3 Å². The number of nitrogens with zero attached hydrogens (tertiary/aromatic N) is 1. The van der Waals surface area contributed by atoms with E-state index in [1.165, 1.54) is 4.90 Å². The van der Waals surface area contributed by atoms with Crippen molar-refractivity contribution in [1.29, 1.82) is 0 Å². The molecule has 166 valence electrons. The maximum atomic E-state index is 14.0. The first-order valence-corrected chi connectivity index (χ1v) is 11.5. The Balaban J connectivity index is 1.58. The number of aliphatic hydroxyl groups excluding tert-OH is 1. The summed E-state index contributed by atoms with van der Waals surface area (Å²) in [6.45, 7) is 4.19. The third kappa shape index (κ3) is 2.40. The van der Waals surface area contributed by atoms with Crippen molar-refractivity contribution < 1.29 is 19.4 Å². The second-order valence-corrected chi connectivity index (χ2v) is 9.14. The Bertz CT molecular complexity index is 1230. The molecule has 1 fully saturated rings. The normalized spacial score (nSPS) is 27.7. The summed E-state index contributed by atoms with van der Waals surface area (Å²) in [4.78, 5) is 29.3. The number of ether oxygens (including phenoxy) is 1. The van der Waals surface area contributed by atoms with E-state index in [-0.39, 0.29) is 17.7 Å². The van der Waals surface area contributed by atoms with E-state index in [0.29, 0.717) is 18.0 Å². The van der Waals surface area contributed by atoms with E-state index in [1.54, 1.807) is 31.2 Å². The molecule has 1 aliphatic heterocycles. The summed E-state index contributed by atoms with van der Waals surface area (Å²) in [6, 6.07) is 23.0. The molecule has 7 rings (SSSR count). The van der Waals surface area contributed by atoms with E-state index < -0.39 is 23.4 Å². The molecule has 0 aromatic heterocycles. The lowest BCUT2D eigenvalue weighted by molar-refractivity contribution is -0.126. The molecule has 3 atom stereocenters. The van der Waals surface area contributed by atoms with E-state index >= 15 is 0 Å². The molecule has 33 heavy (non-hydrogen) atoms. The van der Waals surface area contributed by atoms with Crippen LogP contribution in [0.5, 0.6) is 5.75 Å². The van der Waals surface area contributed by atoms with Gasteiger partial charge in [-0.2, -0.15) is 0 Å². The predicted molar refractivity (Wildman–Crippen MR) is 124 cm³/mol. The van der Waals surface area contributed by atoms with Crippen molar-refractivity contribution >= 4 is 17.5 Å². The number of aliphatic hydroxyl groups is 1. The summed E-state index contributed by atoms with van der Waals surface area (Å²) in [7, 11) is 0. The van der Waals surface area contributed by atoms with Gasteiger partial charge >= 0.3 is 0 Å². The van der Waals surface area contributed by atoms with Crippen LogP contribution in [0.15, 0.2) is 72.8 Å². The van der Waals surface area contributed by atoms with E-state index in [2.05, 4.69) is 0 Å². The Morgan fingerprint density at radius 1 is 0.909 bits per heavy atom. The fourth-order valence-electron chi connectivity index (χ4n) is 6.65. The zero-order chi connectivity index (χ0) is 22.9. The molecular weight excluding hydrogens is 414 g/mol. The lowest BCUT2D eigenvalue weighted by atomic mass is 9.46. The number of amides is 2. The van der Waals surface area contributed by atoms with Gasteiger partial charge in [-0.15, -0.1) is 0 Å². The molecule has 4 aliphatic rings. The summed E-state index contributed by atoms with van der Waals surface area (Å²) in [6.07, 6.45) is -0.856. The molecule has 0 spiro atoms. The highest BCUT2D eigenvalue weighted by Crippen LogP contribution is 2.65. The Morgan fingerprint density at radius 2 is 1.48 bits per heavy atom. The summed E-state index contributed by atoms with van der Waals surface area (Å²) in [5, 5.41) is 11.4. The third-order valence-corrected chi connectivity index (χ3v) is 7.75. The molecule has 3 aromatic rings. The first-order valence-electron chi connectivity index (χ1n) is 11.5. The second kappa shape index (κ2) is 7.03. The molecule has 0 saturated carbocycles. The highest BCUT2D eigenvalue weighted by molar-refractivity contribution is 6.23. The number of imide groups is 1. The van der Waals surface area contributed by atoms with Crippen LogP contribution in [0.25, 0.3) is 0 Å². The summed E-state index contributed by atoms with van der Waals surface area (Å²) >= 11 is 0. The van der Waals surface area contributed by atoms with E-state index in [9.17, 15) is 14.7 Å². The van der Waals surface area contributed by atoms with Crippen molar-refractivity contribution in [3.63, 3.8) is 0 Å². The third-order valence-electron chi connectivity index (χ3n) is 7.75. The second-order valence-electron chi connectivity index (χ2n) is 9.14. The van der Waals surface area contributed by atoms with Crippen LogP contribution < -0.4 is 9.64 Å². The minimum atomic E-state index is -0.973. The van der Waals surface area contributed by atoms with E-state index in [1.807, 2.05) is 55.5 Å². The van der Waals surface area contributed by atoms with Gasteiger partial charge in [0.15, 0.2) is 0 Å². The molecule has 1 heterocycles. The highest BCUT2D eigenvalue weighted by atomic mass is 16.5. The minimum absolute atomic E-state index is 0.201. The fraction of sp³-hybridized carbons (Fsp3) is 0.286. The van der Waals surface area contributed by atoms with Crippen molar-refractivity contribution in [2.75, 3.05) is 11.5 Å². The topological polar surface area (TPSA) is 66.8 Å². The lowest BCUT2D eigenvalue weighted by Crippen LogP contribution is -2.58. The van der Waals surface area contributed by atoms with Gasteiger partial charge in [0.05, 0.1) is 35.6 Å². The van der Waals surface area contributed by atoms with Gasteiger partial charge in [0.25, 0.3) is 0 Å². The largest absolute Gasteiger partial charge is 0.494 e. The smallest absolute Gasteiger partial charge is 0.239 e. The standard InChI is InChI=1S/C28H25NO4/c1-3-33-18-14-12-17(13-15-18)29-26(31)24-23-19-8-4-6-10-21(19)28(16(2)30,25(24)27(29)32)22-11-7-5-9-20(22)23/h4-16,23-25,30H,3H2,1-2H3/t16-,23?,24-,25+,28?/m1/s1. The summed E-state index contributed by atoms with van der Waals surface area (Å²) in [5.74, 6) is -1.18. The van der Waals surface area contributed by atoms with Gasteiger partial charge in [-0.3, -0.25) is 9.59 Å². The molecular formula is C28H25NO4. The molecule has 3 aromatic carbocycles. The number of rotatable bonds is 4. The average Bonchev–Trinajstić information content (AvgIpc) is 3.10. The number of anilines is 1. The van der Waals surface area contributed by atoms with Crippen LogP contribution in [-0.2, 0) is 15.0 Å². The zero-order valence-electron chi connectivity index (χ0n) is 18.6. The van der Waals surface area contributed by atoms with Crippen molar-refractivity contribution in [2.24, 2.45) is 11.8 Å². The molecule has 1 N–H and O–H groups in total. The van der Waals surface area contributed by atoms with Gasteiger partial charge in [-0.1, -0.05) is 48.5 Å². The Hall–Kier alpha value is -3.44. The van der Waals surface area contributed by atoms with Gasteiger partial charge < -0.3 is 9.84 Å². The maximum absolute atomic E-state index is 14.0. The molecule has 3 aliphatic carbocycles. The van der Waals surface area contributed by atoms with E-state index in [0.717, 1.165) is 22.3 Å². The molecule has 0 unspecified atom stereocenters. The first-order chi connectivity index (χ1) is 16.0. The number of carbonyl (C=O) groups is 2. The number of carbonyl (C=O) groups excluding carboxylic acids is 2. The maximum Gasteiger partial charge on any atom is 0.239 e.